The molecule has 4 nitrogen and oxygen atoms in total. The van der Waals surface area contributed by atoms with Crippen LogP contribution in [0, 0.1) is 0 Å². The monoisotopic (exact) mass is 351 g/mol. The molecule has 0 aromatic carbocycles. The molecule has 0 aromatic rings. The van der Waals surface area contributed by atoms with Crippen molar-refractivity contribution >= 4 is 11.9 Å². The number of hydrogen-bond donors (Lipinski definition) is 2. The molecular weight excluding hydrogens is 314 g/mol. The fraction of sp³-hybridized carbons (Fsp3) is 0.714. The van der Waals surface area contributed by atoms with Crippen LogP contribution in [0.2, 0.25) is 0 Å². The Morgan fingerprint density at radius 1 is 0.800 bits per heavy atom. The number of carboxylic acid groups (broad SMARTS) is 1. The van der Waals surface area contributed by atoms with Gasteiger partial charge in [0.1, 0.15) is 0 Å². The largest absolute Gasteiger partial charge is 0.481 e. The maximum Gasteiger partial charge on any atom is 0.305 e. The summed E-state index contributed by atoms with van der Waals surface area (Å²) in [5, 5.41) is 11.1. The Bertz CT molecular complexity index is 389. The lowest BCUT2D eigenvalue weighted by Gasteiger charge is -2.03. The van der Waals surface area contributed by atoms with E-state index in [-0.39, 0.29) is 18.9 Å². The highest BCUT2D eigenvalue weighted by molar-refractivity contribution is 5.76. The number of unbranched alkanes of at least 4 members (excludes halogenated alkanes) is 8. The van der Waals surface area contributed by atoms with Crippen LogP contribution in [0.25, 0.3) is 0 Å². The lowest BCUT2D eigenvalue weighted by Crippen LogP contribution is -2.25. The zero-order valence-electron chi connectivity index (χ0n) is 16.0. The first kappa shape index (κ1) is 23.4. The number of rotatable bonds is 17. The van der Waals surface area contributed by atoms with Crippen LogP contribution >= 0.6 is 0 Å². The summed E-state index contributed by atoms with van der Waals surface area (Å²) in [7, 11) is 0. The fourth-order valence-electron chi connectivity index (χ4n) is 2.49. The van der Waals surface area contributed by atoms with Crippen LogP contribution in [-0.4, -0.2) is 23.5 Å². The zero-order chi connectivity index (χ0) is 18.6. The predicted octanol–water partition coefficient (Wildman–Crippen LogP) is 5.39. The van der Waals surface area contributed by atoms with Crippen molar-refractivity contribution in [3.05, 3.63) is 24.3 Å². The third-order valence-corrected chi connectivity index (χ3v) is 4.02. The highest BCUT2D eigenvalue weighted by atomic mass is 16.4. The van der Waals surface area contributed by atoms with E-state index >= 15 is 0 Å². The number of carbonyl (C=O) groups is 2. The number of amides is 1. The Kier molecular flexibility index (Phi) is 17.6. The summed E-state index contributed by atoms with van der Waals surface area (Å²) < 4.78 is 0. The van der Waals surface area contributed by atoms with Crippen LogP contribution < -0.4 is 5.32 Å². The van der Waals surface area contributed by atoms with Gasteiger partial charge in [-0.1, -0.05) is 63.3 Å². The van der Waals surface area contributed by atoms with E-state index < -0.39 is 5.97 Å². The van der Waals surface area contributed by atoms with Crippen molar-refractivity contribution in [1.82, 2.24) is 5.32 Å². The Morgan fingerprint density at radius 2 is 1.40 bits per heavy atom. The van der Waals surface area contributed by atoms with Crippen molar-refractivity contribution in [2.24, 2.45) is 0 Å². The van der Waals surface area contributed by atoms with Gasteiger partial charge >= 0.3 is 5.97 Å². The molecule has 0 atom stereocenters. The summed E-state index contributed by atoms with van der Waals surface area (Å²) in [6, 6.07) is 0. The van der Waals surface area contributed by atoms with Gasteiger partial charge in [0.25, 0.3) is 0 Å². The van der Waals surface area contributed by atoms with Crippen molar-refractivity contribution in [2.75, 3.05) is 6.54 Å². The molecule has 4 heteroatoms. The molecule has 0 unspecified atom stereocenters. The lowest BCUT2D eigenvalue weighted by atomic mass is 10.1. The topological polar surface area (TPSA) is 66.4 Å². The lowest BCUT2D eigenvalue weighted by molar-refractivity contribution is -0.136. The van der Waals surface area contributed by atoms with Crippen molar-refractivity contribution < 1.29 is 14.7 Å². The van der Waals surface area contributed by atoms with E-state index in [1.54, 1.807) is 0 Å². The second-order valence-electron chi connectivity index (χ2n) is 6.47. The fourth-order valence-corrected chi connectivity index (χ4v) is 2.49. The summed E-state index contributed by atoms with van der Waals surface area (Å²) in [5.74, 6) is -0.913. The van der Waals surface area contributed by atoms with Gasteiger partial charge in [-0.3, -0.25) is 9.59 Å². The average Bonchev–Trinajstić information content (AvgIpc) is 2.58. The Morgan fingerprint density at radius 3 is 2.04 bits per heavy atom. The third kappa shape index (κ3) is 20.4. The van der Waals surface area contributed by atoms with Gasteiger partial charge in [0.2, 0.25) is 5.91 Å². The molecule has 0 heterocycles. The van der Waals surface area contributed by atoms with Crippen molar-refractivity contribution in [3.63, 3.8) is 0 Å². The standard InChI is InChI=1S/C21H37NO3/c1-2-3-4-5-6-7-8-9-10-11-12-13-14-15-16-17-20(23)22-19-18-21(24)25/h6-7,9-10H,2-5,8,11-19H2,1H3,(H,22,23)(H,24,25)/b7-6-,10-9-. The maximum absolute atomic E-state index is 11.4. The minimum atomic E-state index is -0.877. The number of carbonyl (C=O) groups excluding carboxylic acids is 1. The van der Waals surface area contributed by atoms with Crippen molar-refractivity contribution in [1.29, 1.82) is 0 Å². The quantitative estimate of drug-likeness (QED) is 0.273. The van der Waals surface area contributed by atoms with E-state index in [4.69, 9.17) is 5.11 Å². The van der Waals surface area contributed by atoms with Crippen LogP contribution in [0.1, 0.15) is 90.4 Å². The van der Waals surface area contributed by atoms with Gasteiger partial charge in [0.15, 0.2) is 0 Å². The molecule has 1 amide bonds. The number of aliphatic carboxylic acids is 1. The molecule has 2 N–H and O–H groups in total. The minimum Gasteiger partial charge on any atom is -0.481 e. The van der Waals surface area contributed by atoms with Crippen LogP contribution in [0.5, 0.6) is 0 Å². The van der Waals surface area contributed by atoms with E-state index in [1.165, 1.54) is 38.5 Å². The molecule has 25 heavy (non-hydrogen) atoms. The molecule has 0 aromatic heterocycles. The van der Waals surface area contributed by atoms with E-state index in [0.29, 0.717) is 6.42 Å². The molecule has 0 radical (unpaired) electrons. The summed E-state index contributed by atoms with van der Waals surface area (Å²) in [6.07, 6.45) is 22.4. The van der Waals surface area contributed by atoms with Gasteiger partial charge in [0, 0.05) is 13.0 Å². The highest BCUT2D eigenvalue weighted by Gasteiger charge is 2.02. The first-order valence-corrected chi connectivity index (χ1v) is 9.95. The molecule has 0 rings (SSSR count). The van der Waals surface area contributed by atoms with Gasteiger partial charge in [-0.25, -0.2) is 0 Å². The molecule has 0 saturated heterocycles. The summed E-state index contributed by atoms with van der Waals surface area (Å²) in [4.78, 5) is 21.8. The molecule has 0 spiro atoms. The number of carboxylic acids is 1. The van der Waals surface area contributed by atoms with E-state index in [0.717, 1.165) is 32.1 Å². The second kappa shape index (κ2) is 18.8. The van der Waals surface area contributed by atoms with Crippen LogP contribution in [0.3, 0.4) is 0 Å². The molecule has 0 saturated carbocycles. The van der Waals surface area contributed by atoms with E-state index in [2.05, 4.69) is 36.5 Å². The predicted molar refractivity (Wildman–Crippen MR) is 105 cm³/mol. The third-order valence-electron chi connectivity index (χ3n) is 4.02. The number of allylic oxidation sites excluding steroid dienone is 4. The first-order chi connectivity index (χ1) is 12.2. The maximum atomic E-state index is 11.4. The Hall–Kier alpha value is -1.58. The molecule has 0 bridgehead atoms. The normalized spacial score (nSPS) is 11.4. The number of nitrogens with one attached hydrogen (secondary N) is 1. The summed E-state index contributed by atoms with van der Waals surface area (Å²) >= 11 is 0. The van der Waals surface area contributed by atoms with E-state index in [1.807, 2.05) is 0 Å². The summed E-state index contributed by atoms with van der Waals surface area (Å²) in [6.45, 7) is 2.46. The molecule has 0 aliphatic rings. The summed E-state index contributed by atoms with van der Waals surface area (Å²) in [5.41, 5.74) is 0. The molecular formula is C21H37NO3. The Labute approximate surface area is 153 Å². The van der Waals surface area contributed by atoms with Crippen LogP contribution in [0.4, 0.5) is 0 Å². The van der Waals surface area contributed by atoms with Crippen molar-refractivity contribution in [3.8, 4) is 0 Å². The highest BCUT2D eigenvalue weighted by Crippen LogP contribution is 2.08. The smallest absolute Gasteiger partial charge is 0.305 e. The SMILES string of the molecule is CCCCC/C=C\C/C=C\CCCCCCCC(=O)NCCC(=O)O. The minimum absolute atomic E-state index is 0.00605. The Balaban J connectivity index is 3.28. The van der Waals surface area contributed by atoms with Crippen LogP contribution in [0.15, 0.2) is 24.3 Å². The molecule has 0 aliphatic heterocycles. The molecule has 0 aliphatic carbocycles. The van der Waals surface area contributed by atoms with Gasteiger partial charge in [-0.2, -0.15) is 0 Å². The molecule has 0 fully saturated rings. The van der Waals surface area contributed by atoms with Crippen LogP contribution in [-0.2, 0) is 9.59 Å². The number of hydrogen-bond acceptors (Lipinski definition) is 2. The zero-order valence-corrected chi connectivity index (χ0v) is 16.0. The van der Waals surface area contributed by atoms with Gasteiger partial charge in [0.05, 0.1) is 6.42 Å². The van der Waals surface area contributed by atoms with Gasteiger partial charge in [-0.05, 0) is 38.5 Å². The second-order valence-corrected chi connectivity index (χ2v) is 6.47. The van der Waals surface area contributed by atoms with E-state index in [9.17, 15) is 9.59 Å². The average molecular weight is 352 g/mol. The van der Waals surface area contributed by atoms with Gasteiger partial charge < -0.3 is 10.4 Å². The van der Waals surface area contributed by atoms with Gasteiger partial charge in [-0.15, -0.1) is 0 Å². The van der Waals surface area contributed by atoms with Crippen molar-refractivity contribution in [2.45, 2.75) is 90.4 Å². The first-order valence-electron chi connectivity index (χ1n) is 9.95. The molecule has 144 valence electrons.